The molecule has 6 nitrogen and oxygen atoms in total. The van der Waals surface area contributed by atoms with E-state index in [2.05, 4.69) is 20.3 Å². The van der Waals surface area contributed by atoms with Crippen molar-refractivity contribution in [1.82, 2.24) is 15.0 Å². The third-order valence-corrected chi connectivity index (χ3v) is 3.53. The molecular weight excluding hydrogens is 361 g/mol. The van der Waals surface area contributed by atoms with Crippen molar-refractivity contribution in [2.45, 2.75) is 6.18 Å². The van der Waals surface area contributed by atoms with Gasteiger partial charge in [0.05, 0.1) is 14.2 Å². The molecule has 3 rings (SSSR count). The van der Waals surface area contributed by atoms with Crippen LogP contribution in [-0.4, -0.2) is 29.2 Å². The molecule has 1 aromatic carbocycles. The lowest BCUT2D eigenvalue weighted by Crippen LogP contribution is -2.11. The van der Waals surface area contributed by atoms with Crippen molar-refractivity contribution < 1.29 is 22.6 Å². The van der Waals surface area contributed by atoms with Crippen molar-refractivity contribution in [2.24, 2.45) is 0 Å². The van der Waals surface area contributed by atoms with E-state index in [1.54, 1.807) is 30.3 Å². The van der Waals surface area contributed by atoms with E-state index in [0.29, 0.717) is 17.2 Å². The molecule has 0 aliphatic heterocycles. The standard InChI is InChI=1S/C18H15F3N4O2/c1-26-12-7-11(8-13(9-12)27-2)23-16-10-15(18(19,20)21)24-17(25-16)14-5-3-4-6-22-14/h3-10H,1-2H3,(H,23,24,25). The van der Waals surface area contributed by atoms with Gasteiger partial charge in [-0.3, -0.25) is 4.98 Å². The molecule has 0 aliphatic carbocycles. The predicted octanol–water partition coefficient (Wildman–Crippen LogP) is 4.32. The number of benzene rings is 1. The van der Waals surface area contributed by atoms with Crippen LogP contribution >= 0.6 is 0 Å². The quantitative estimate of drug-likeness (QED) is 0.715. The van der Waals surface area contributed by atoms with E-state index in [1.807, 2.05) is 0 Å². The summed E-state index contributed by atoms with van der Waals surface area (Å²) in [6.07, 6.45) is -3.17. The molecule has 1 N–H and O–H groups in total. The zero-order chi connectivity index (χ0) is 19.4. The van der Waals surface area contributed by atoms with E-state index in [9.17, 15) is 13.2 Å². The van der Waals surface area contributed by atoms with Crippen LogP contribution in [0.1, 0.15) is 5.69 Å². The minimum atomic E-state index is -4.63. The number of halogens is 3. The van der Waals surface area contributed by atoms with Gasteiger partial charge in [-0.2, -0.15) is 13.2 Å². The van der Waals surface area contributed by atoms with Crippen LogP contribution in [0.4, 0.5) is 24.7 Å². The Bertz CT molecular complexity index is 911. The van der Waals surface area contributed by atoms with E-state index in [-0.39, 0.29) is 17.3 Å². The second-order valence-corrected chi connectivity index (χ2v) is 5.40. The van der Waals surface area contributed by atoms with Gasteiger partial charge in [0.15, 0.2) is 11.5 Å². The molecular formula is C18H15F3N4O2. The fourth-order valence-corrected chi connectivity index (χ4v) is 2.29. The van der Waals surface area contributed by atoms with Gasteiger partial charge in [-0.15, -0.1) is 0 Å². The summed E-state index contributed by atoms with van der Waals surface area (Å²) in [4.78, 5) is 11.8. The number of hydrogen-bond donors (Lipinski definition) is 1. The Morgan fingerprint density at radius 3 is 2.19 bits per heavy atom. The van der Waals surface area contributed by atoms with Gasteiger partial charge < -0.3 is 14.8 Å². The number of rotatable bonds is 5. The minimum absolute atomic E-state index is 0.0340. The van der Waals surface area contributed by atoms with Gasteiger partial charge in [-0.25, -0.2) is 9.97 Å². The van der Waals surface area contributed by atoms with Crippen molar-refractivity contribution in [2.75, 3.05) is 19.5 Å². The van der Waals surface area contributed by atoms with E-state index >= 15 is 0 Å². The summed E-state index contributed by atoms with van der Waals surface area (Å²) in [5, 5.41) is 2.84. The Hall–Kier alpha value is -3.36. The van der Waals surface area contributed by atoms with E-state index < -0.39 is 11.9 Å². The lowest BCUT2D eigenvalue weighted by atomic mass is 10.2. The monoisotopic (exact) mass is 376 g/mol. The molecule has 0 radical (unpaired) electrons. The number of methoxy groups -OCH3 is 2. The molecule has 0 spiro atoms. The van der Waals surface area contributed by atoms with Crippen molar-refractivity contribution in [3.8, 4) is 23.0 Å². The normalized spacial score (nSPS) is 11.1. The highest BCUT2D eigenvalue weighted by Crippen LogP contribution is 2.32. The second-order valence-electron chi connectivity index (χ2n) is 5.40. The minimum Gasteiger partial charge on any atom is -0.497 e. The molecule has 9 heteroatoms. The van der Waals surface area contributed by atoms with Crippen molar-refractivity contribution in [3.05, 3.63) is 54.4 Å². The molecule has 0 fully saturated rings. The van der Waals surface area contributed by atoms with Gasteiger partial charge in [-0.05, 0) is 12.1 Å². The van der Waals surface area contributed by atoms with Crippen LogP contribution in [0.2, 0.25) is 0 Å². The summed E-state index contributed by atoms with van der Waals surface area (Å²) in [7, 11) is 2.95. The maximum absolute atomic E-state index is 13.3. The average Bonchev–Trinajstić information content (AvgIpc) is 2.67. The van der Waals surface area contributed by atoms with Crippen LogP contribution in [-0.2, 0) is 6.18 Å². The van der Waals surface area contributed by atoms with E-state index in [1.165, 1.54) is 26.5 Å². The summed E-state index contributed by atoms with van der Waals surface area (Å²) in [5.74, 6) is 0.787. The zero-order valence-electron chi connectivity index (χ0n) is 14.4. The number of alkyl halides is 3. The van der Waals surface area contributed by atoms with Gasteiger partial charge >= 0.3 is 6.18 Å². The second kappa shape index (κ2) is 7.48. The number of pyridine rings is 1. The number of nitrogens with zero attached hydrogens (tertiary/aromatic N) is 3. The Morgan fingerprint density at radius 2 is 1.63 bits per heavy atom. The first kappa shape index (κ1) is 18.4. The van der Waals surface area contributed by atoms with Crippen molar-refractivity contribution >= 4 is 11.5 Å². The summed E-state index contributed by atoms with van der Waals surface area (Å²) < 4.78 is 50.1. The molecule has 0 unspecified atom stereocenters. The maximum Gasteiger partial charge on any atom is 0.433 e. The van der Waals surface area contributed by atoms with Crippen LogP contribution in [0.25, 0.3) is 11.5 Å². The van der Waals surface area contributed by atoms with Gasteiger partial charge in [0.1, 0.15) is 23.0 Å². The lowest BCUT2D eigenvalue weighted by molar-refractivity contribution is -0.141. The maximum atomic E-state index is 13.3. The number of nitrogens with one attached hydrogen (secondary N) is 1. The molecule has 140 valence electrons. The Morgan fingerprint density at radius 1 is 0.926 bits per heavy atom. The Kier molecular flexibility index (Phi) is 5.11. The summed E-state index contributed by atoms with van der Waals surface area (Å²) in [6, 6.07) is 10.5. The highest BCUT2D eigenvalue weighted by atomic mass is 19.4. The van der Waals surface area contributed by atoms with Gasteiger partial charge in [-0.1, -0.05) is 6.07 Å². The fourth-order valence-electron chi connectivity index (χ4n) is 2.29. The molecule has 0 atom stereocenters. The summed E-state index contributed by atoms with van der Waals surface area (Å²) >= 11 is 0. The first-order chi connectivity index (χ1) is 12.9. The van der Waals surface area contributed by atoms with Crippen LogP contribution in [0.15, 0.2) is 48.7 Å². The Labute approximate surface area is 153 Å². The van der Waals surface area contributed by atoms with Crippen LogP contribution in [0, 0.1) is 0 Å². The SMILES string of the molecule is COc1cc(Nc2cc(C(F)(F)F)nc(-c3ccccn3)n2)cc(OC)c1. The molecule has 0 saturated heterocycles. The molecule has 2 aromatic heterocycles. The summed E-state index contributed by atoms with van der Waals surface area (Å²) in [6.45, 7) is 0. The molecule has 0 bridgehead atoms. The fraction of sp³-hybridized carbons (Fsp3) is 0.167. The van der Waals surface area contributed by atoms with Gasteiger partial charge in [0.2, 0.25) is 0 Å². The van der Waals surface area contributed by atoms with Crippen molar-refractivity contribution in [1.29, 1.82) is 0 Å². The van der Waals surface area contributed by atoms with Gasteiger partial charge in [0.25, 0.3) is 0 Å². The van der Waals surface area contributed by atoms with Crippen LogP contribution in [0.3, 0.4) is 0 Å². The first-order valence-corrected chi connectivity index (χ1v) is 7.77. The van der Waals surface area contributed by atoms with E-state index in [0.717, 1.165) is 6.07 Å². The topological polar surface area (TPSA) is 69.2 Å². The lowest BCUT2D eigenvalue weighted by Gasteiger charge is -2.13. The number of hydrogen-bond acceptors (Lipinski definition) is 6. The highest BCUT2D eigenvalue weighted by molar-refractivity contribution is 5.63. The van der Waals surface area contributed by atoms with Crippen LogP contribution in [0.5, 0.6) is 11.5 Å². The van der Waals surface area contributed by atoms with Gasteiger partial charge in [0, 0.05) is 36.1 Å². The number of aromatic nitrogens is 3. The predicted molar refractivity (Wildman–Crippen MR) is 93.1 cm³/mol. The smallest absolute Gasteiger partial charge is 0.433 e. The molecule has 2 heterocycles. The van der Waals surface area contributed by atoms with Crippen molar-refractivity contribution in [3.63, 3.8) is 0 Å². The molecule has 0 amide bonds. The molecule has 27 heavy (non-hydrogen) atoms. The Balaban J connectivity index is 2.05. The highest BCUT2D eigenvalue weighted by Gasteiger charge is 2.34. The third kappa shape index (κ3) is 4.43. The number of ether oxygens (including phenoxy) is 2. The largest absolute Gasteiger partial charge is 0.497 e. The zero-order valence-corrected chi connectivity index (χ0v) is 14.4. The number of anilines is 2. The average molecular weight is 376 g/mol. The molecule has 0 aliphatic rings. The first-order valence-electron chi connectivity index (χ1n) is 7.77. The van der Waals surface area contributed by atoms with Crippen LogP contribution < -0.4 is 14.8 Å². The molecule has 0 saturated carbocycles. The molecule has 3 aromatic rings. The van der Waals surface area contributed by atoms with E-state index in [4.69, 9.17) is 9.47 Å². The third-order valence-electron chi connectivity index (χ3n) is 3.53. The summed E-state index contributed by atoms with van der Waals surface area (Å²) in [5.41, 5.74) is -0.393.